The minimum absolute atomic E-state index is 0.0149. The second kappa shape index (κ2) is 6.73. The van der Waals surface area contributed by atoms with Crippen LogP contribution in [-0.4, -0.2) is 23.2 Å². The molecule has 0 radical (unpaired) electrons. The number of sulfonamides is 1. The molecule has 25 heavy (non-hydrogen) atoms. The maximum atomic E-state index is 12.9. The summed E-state index contributed by atoms with van der Waals surface area (Å²) >= 11 is 0. The molecule has 6 nitrogen and oxygen atoms in total. The molecule has 3 rings (SSSR count). The van der Waals surface area contributed by atoms with Crippen molar-refractivity contribution in [2.24, 2.45) is 0 Å². The van der Waals surface area contributed by atoms with Gasteiger partial charge < -0.3 is 0 Å². The average molecular weight is 360 g/mol. The van der Waals surface area contributed by atoms with Gasteiger partial charge in [0.2, 0.25) is 10.0 Å². The Morgan fingerprint density at radius 3 is 2.40 bits per heavy atom. The van der Waals surface area contributed by atoms with E-state index in [1.807, 2.05) is 19.9 Å². The Bertz CT molecular complexity index is 980. The zero-order valence-corrected chi connectivity index (χ0v) is 14.6. The lowest BCUT2D eigenvalue weighted by Gasteiger charge is -2.08. The van der Waals surface area contributed by atoms with E-state index in [9.17, 15) is 12.8 Å². The van der Waals surface area contributed by atoms with Gasteiger partial charge in [0.25, 0.3) is 0 Å². The Morgan fingerprint density at radius 2 is 1.84 bits per heavy atom. The highest BCUT2D eigenvalue weighted by Gasteiger charge is 2.14. The molecule has 2 heterocycles. The molecule has 0 bridgehead atoms. The lowest BCUT2D eigenvalue weighted by molar-refractivity contribution is 0.580. The summed E-state index contributed by atoms with van der Waals surface area (Å²) in [5.41, 5.74) is 2.57. The van der Waals surface area contributed by atoms with E-state index in [4.69, 9.17) is 0 Å². The standard InChI is InChI=1S/C17H17FN4O2S/c1-12-9-13(2)22(21-12)17-8-3-14(10-19-17)11-20-25(23,24)16-6-4-15(18)5-7-16/h3-10,20H,11H2,1-2H3. The van der Waals surface area contributed by atoms with E-state index in [-0.39, 0.29) is 11.4 Å². The van der Waals surface area contributed by atoms with E-state index < -0.39 is 15.8 Å². The predicted octanol–water partition coefficient (Wildman–Crippen LogP) is 2.50. The van der Waals surface area contributed by atoms with Gasteiger partial charge in [0.15, 0.2) is 5.82 Å². The number of pyridine rings is 1. The Morgan fingerprint density at radius 1 is 1.12 bits per heavy atom. The number of nitrogens with one attached hydrogen (secondary N) is 1. The second-order valence-electron chi connectivity index (χ2n) is 5.64. The lowest BCUT2D eigenvalue weighted by Crippen LogP contribution is -2.23. The van der Waals surface area contributed by atoms with Crippen molar-refractivity contribution in [3.05, 3.63) is 71.4 Å². The number of aromatic nitrogens is 3. The summed E-state index contributed by atoms with van der Waals surface area (Å²) in [4.78, 5) is 4.34. The molecule has 0 aliphatic rings. The molecule has 0 aliphatic heterocycles. The zero-order chi connectivity index (χ0) is 18.0. The fourth-order valence-electron chi connectivity index (χ4n) is 2.38. The molecule has 0 amide bonds. The molecule has 0 saturated carbocycles. The van der Waals surface area contributed by atoms with Gasteiger partial charge in [-0.05, 0) is 55.8 Å². The van der Waals surface area contributed by atoms with Crippen molar-refractivity contribution in [1.29, 1.82) is 0 Å². The highest BCUT2D eigenvalue weighted by molar-refractivity contribution is 7.89. The number of hydrogen-bond acceptors (Lipinski definition) is 4. The van der Waals surface area contributed by atoms with Gasteiger partial charge in [-0.1, -0.05) is 6.07 Å². The third-order valence-corrected chi connectivity index (χ3v) is 5.04. The molecule has 3 aromatic rings. The summed E-state index contributed by atoms with van der Waals surface area (Å²) in [5.74, 6) is 0.179. The molecule has 0 aliphatic carbocycles. The first-order valence-electron chi connectivity index (χ1n) is 7.59. The number of benzene rings is 1. The number of aryl methyl sites for hydroxylation is 2. The first kappa shape index (κ1) is 17.2. The van der Waals surface area contributed by atoms with Crippen molar-refractivity contribution in [3.63, 3.8) is 0 Å². The van der Waals surface area contributed by atoms with Crippen LogP contribution >= 0.6 is 0 Å². The van der Waals surface area contributed by atoms with E-state index in [1.165, 1.54) is 12.1 Å². The average Bonchev–Trinajstić information content (AvgIpc) is 2.92. The molecule has 0 spiro atoms. The van der Waals surface area contributed by atoms with Gasteiger partial charge in [-0.15, -0.1) is 0 Å². The predicted molar refractivity (Wildman–Crippen MR) is 91.3 cm³/mol. The summed E-state index contributed by atoms with van der Waals surface area (Å²) in [6.07, 6.45) is 1.60. The van der Waals surface area contributed by atoms with Crippen molar-refractivity contribution < 1.29 is 12.8 Å². The van der Waals surface area contributed by atoms with Crippen LogP contribution in [0.15, 0.2) is 53.6 Å². The van der Waals surface area contributed by atoms with E-state index in [0.717, 1.165) is 23.5 Å². The second-order valence-corrected chi connectivity index (χ2v) is 7.41. The number of hydrogen-bond donors (Lipinski definition) is 1. The van der Waals surface area contributed by atoms with Gasteiger partial charge in [0.1, 0.15) is 5.82 Å². The molecular weight excluding hydrogens is 343 g/mol. The lowest BCUT2D eigenvalue weighted by atomic mass is 10.3. The van der Waals surface area contributed by atoms with Crippen LogP contribution in [0.25, 0.3) is 5.82 Å². The van der Waals surface area contributed by atoms with Crippen LogP contribution in [-0.2, 0) is 16.6 Å². The van der Waals surface area contributed by atoms with Gasteiger partial charge >= 0.3 is 0 Å². The van der Waals surface area contributed by atoms with Crippen LogP contribution in [0.5, 0.6) is 0 Å². The van der Waals surface area contributed by atoms with E-state index in [2.05, 4.69) is 14.8 Å². The maximum Gasteiger partial charge on any atom is 0.240 e. The fraction of sp³-hybridized carbons (Fsp3) is 0.176. The molecule has 2 aromatic heterocycles. The monoisotopic (exact) mass is 360 g/mol. The molecule has 1 aromatic carbocycles. The summed E-state index contributed by atoms with van der Waals surface area (Å²) < 4.78 is 41.5. The van der Waals surface area contributed by atoms with Crippen molar-refractivity contribution in [1.82, 2.24) is 19.5 Å². The molecule has 130 valence electrons. The molecule has 0 atom stereocenters. The highest BCUT2D eigenvalue weighted by atomic mass is 32.2. The van der Waals surface area contributed by atoms with Crippen molar-refractivity contribution >= 4 is 10.0 Å². The smallest absolute Gasteiger partial charge is 0.237 e. The normalized spacial score (nSPS) is 11.6. The Balaban J connectivity index is 1.71. The molecule has 8 heteroatoms. The van der Waals surface area contributed by atoms with Crippen LogP contribution < -0.4 is 4.72 Å². The topological polar surface area (TPSA) is 76.9 Å². The molecule has 0 unspecified atom stereocenters. The van der Waals surface area contributed by atoms with Gasteiger partial charge in [-0.2, -0.15) is 5.10 Å². The quantitative estimate of drug-likeness (QED) is 0.758. The zero-order valence-electron chi connectivity index (χ0n) is 13.8. The van der Waals surface area contributed by atoms with Crippen LogP contribution in [0.1, 0.15) is 17.0 Å². The van der Waals surface area contributed by atoms with Gasteiger partial charge in [0, 0.05) is 18.4 Å². The molecular formula is C17H17FN4O2S. The Kier molecular flexibility index (Phi) is 4.65. The van der Waals surface area contributed by atoms with E-state index >= 15 is 0 Å². The summed E-state index contributed by atoms with van der Waals surface area (Å²) in [7, 11) is -3.70. The fourth-order valence-corrected chi connectivity index (χ4v) is 3.40. The van der Waals surface area contributed by atoms with Gasteiger partial charge in [0.05, 0.1) is 10.6 Å². The largest absolute Gasteiger partial charge is 0.240 e. The maximum absolute atomic E-state index is 12.9. The first-order chi connectivity index (χ1) is 11.8. The van der Waals surface area contributed by atoms with Crippen molar-refractivity contribution in [2.45, 2.75) is 25.3 Å². The minimum Gasteiger partial charge on any atom is -0.237 e. The number of halogens is 1. The highest BCUT2D eigenvalue weighted by Crippen LogP contribution is 2.12. The molecule has 1 N–H and O–H groups in total. The summed E-state index contributed by atoms with van der Waals surface area (Å²) in [6, 6.07) is 10.2. The summed E-state index contributed by atoms with van der Waals surface area (Å²) in [6.45, 7) is 3.93. The summed E-state index contributed by atoms with van der Waals surface area (Å²) in [5, 5.41) is 4.35. The van der Waals surface area contributed by atoms with E-state index in [0.29, 0.717) is 11.4 Å². The number of nitrogens with zero attached hydrogens (tertiary/aromatic N) is 3. The third kappa shape index (κ3) is 3.92. The Labute approximate surface area is 145 Å². The van der Waals surface area contributed by atoms with Crippen molar-refractivity contribution in [2.75, 3.05) is 0 Å². The SMILES string of the molecule is Cc1cc(C)n(-c2ccc(CNS(=O)(=O)c3ccc(F)cc3)cn2)n1. The van der Waals surface area contributed by atoms with Crippen LogP contribution in [0, 0.1) is 19.7 Å². The van der Waals surface area contributed by atoms with Crippen LogP contribution in [0.3, 0.4) is 0 Å². The molecule has 0 fully saturated rings. The van der Waals surface area contributed by atoms with Crippen LogP contribution in [0.4, 0.5) is 4.39 Å². The van der Waals surface area contributed by atoms with E-state index in [1.54, 1.807) is 23.0 Å². The first-order valence-corrected chi connectivity index (χ1v) is 9.07. The van der Waals surface area contributed by atoms with Crippen molar-refractivity contribution in [3.8, 4) is 5.82 Å². The van der Waals surface area contributed by atoms with Gasteiger partial charge in [-0.3, -0.25) is 0 Å². The minimum atomic E-state index is -3.70. The van der Waals surface area contributed by atoms with Crippen LogP contribution in [0.2, 0.25) is 0 Å². The third-order valence-electron chi connectivity index (χ3n) is 3.63. The number of rotatable bonds is 5. The molecule has 0 saturated heterocycles. The Hall–Kier alpha value is -2.58. The van der Waals surface area contributed by atoms with Gasteiger partial charge in [-0.25, -0.2) is 27.2 Å².